The van der Waals surface area contributed by atoms with Crippen LogP contribution in [0.5, 0.6) is 0 Å². The second-order valence-electron chi connectivity index (χ2n) is 9.41. The molecule has 3 atom stereocenters. The summed E-state index contributed by atoms with van der Waals surface area (Å²) in [7, 11) is 2.04. The topological polar surface area (TPSA) is 139 Å². The number of nitrogens with zero attached hydrogens (tertiary/aromatic N) is 2. The Morgan fingerprint density at radius 1 is 1.14 bits per heavy atom. The summed E-state index contributed by atoms with van der Waals surface area (Å²) in [6.45, 7) is 1.67. The Kier molecular flexibility index (Phi) is 6.87. The summed E-state index contributed by atoms with van der Waals surface area (Å²) in [5.41, 5.74) is 2.14. The molecule has 190 valence electrons. The second-order valence-corrected chi connectivity index (χ2v) is 10.9. The van der Waals surface area contributed by atoms with Crippen LogP contribution in [0.15, 0.2) is 24.3 Å². The minimum atomic E-state index is -1.11. The summed E-state index contributed by atoms with van der Waals surface area (Å²) in [5, 5.41) is 19.5. The van der Waals surface area contributed by atoms with Crippen molar-refractivity contribution in [2.45, 2.75) is 50.4 Å². The van der Waals surface area contributed by atoms with E-state index in [-0.39, 0.29) is 23.9 Å². The van der Waals surface area contributed by atoms with Crippen molar-refractivity contribution >= 4 is 51.7 Å². The summed E-state index contributed by atoms with van der Waals surface area (Å²) in [6.07, 6.45) is 1.11. The van der Waals surface area contributed by atoms with Crippen molar-refractivity contribution in [2.24, 2.45) is 0 Å². The van der Waals surface area contributed by atoms with Crippen LogP contribution in [-0.4, -0.2) is 69.6 Å². The maximum atomic E-state index is 13.1. The van der Waals surface area contributed by atoms with Gasteiger partial charge in [0, 0.05) is 52.4 Å². The van der Waals surface area contributed by atoms with Crippen molar-refractivity contribution in [2.75, 3.05) is 13.6 Å². The third-order valence-corrected chi connectivity index (χ3v) is 8.07. The SMILES string of the molecule is CN1CCc2nc(C(=O)N[C@@H]3CC(NC(=O)O)CC[C@@H]3NC(=O)c3cc4cc(Cl)ccc4[nH]3)sc2C1. The van der Waals surface area contributed by atoms with Gasteiger partial charge in [0.25, 0.3) is 11.8 Å². The van der Waals surface area contributed by atoms with Gasteiger partial charge in [0.1, 0.15) is 5.69 Å². The van der Waals surface area contributed by atoms with E-state index in [1.807, 2.05) is 13.1 Å². The van der Waals surface area contributed by atoms with Gasteiger partial charge in [0.05, 0.1) is 11.7 Å². The van der Waals surface area contributed by atoms with Crippen molar-refractivity contribution < 1.29 is 19.5 Å². The predicted molar refractivity (Wildman–Crippen MR) is 137 cm³/mol. The van der Waals surface area contributed by atoms with Gasteiger partial charge in [-0.1, -0.05) is 11.6 Å². The van der Waals surface area contributed by atoms with E-state index in [1.54, 1.807) is 18.2 Å². The van der Waals surface area contributed by atoms with Crippen LogP contribution in [0.1, 0.15) is 50.1 Å². The number of H-pyrrole nitrogens is 1. The highest BCUT2D eigenvalue weighted by molar-refractivity contribution is 7.13. The number of halogens is 1. The first-order chi connectivity index (χ1) is 17.2. The Balaban J connectivity index is 1.32. The molecule has 36 heavy (non-hydrogen) atoms. The van der Waals surface area contributed by atoms with Crippen LogP contribution in [0, 0.1) is 0 Å². The van der Waals surface area contributed by atoms with E-state index >= 15 is 0 Å². The summed E-state index contributed by atoms with van der Waals surface area (Å²) in [4.78, 5) is 48.4. The standard InChI is InChI=1S/C24H27ClN6O4S/c1-31-7-6-17-20(11-31)36-23(30-17)22(33)29-18-10-14(26-24(34)35)3-5-16(18)28-21(32)19-9-12-8-13(25)2-4-15(12)27-19/h2,4,8-9,14,16,18,26-27H,3,5-7,10-11H2,1H3,(H,28,32)(H,29,33)(H,34,35)/t14?,16-,18+/m0/s1. The predicted octanol–water partition coefficient (Wildman–Crippen LogP) is 2.98. The van der Waals surface area contributed by atoms with Crippen molar-refractivity contribution in [3.05, 3.63) is 50.6 Å². The summed E-state index contributed by atoms with van der Waals surface area (Å²) >= 11 is 7.45. The number of thiazole rings is 1. The lowest BCUT2D eigenvalue weighted by Crippen LogP contribution is -2.57. The molecule has 3 amide bonds. The maximum Gasteiger partial charge on any atom is 0.404 e. The molecule has 2 aliphatic rings. The fraction of sp³-hybridized carbons (Fsp3) is 0.417. The molecule has 2 aromatic heterocycles. The van der Waals surface area contributed by atoms with Crippen LogP contribution in [0.3, 0.4) is 0 Å². The van der Waals surface area contributed by atoms with Crippen LogP contribution < -0.4 is 16.0 Å². The third kappa shape index (κ3) is 5.32. The smallest absolute Gasteiger partial charge is 0.404 e. The summed E-state index contributed by atoms with van der Waals surface area (Å²) in [6, 6.07) is 5.91. The highest BCUT2D eigenvalue weighted by Crippen LogP contribution is 2.26. The Morgan fingerprint density at radius 3 is 2.75 bits per heavy atom. The first-order valence-electron chi connectivity index (χ1n) is 11.8. The van der Waals surface area contributed by atoms with Gasteiger partial charge in [-0.25, -0.2) is 9.78 Å². The number of hydrogen-bond donors (Lipinski definition) is 5. The molecule has 0 radical (unpaired) electrons. The first kappa shape index (κ1) is 24.5. The van der Waals surface area contributed by atoms with E-state index in [9.17, 15) is 19.5 Å². The molecule has 1 aliphatic heterocycles. The Morgan fingerprint density at radius 2 is 1.94 bits per heavy atom. The lowest BCUT2D eigenvalue weighted by Gasteiger charge is -2.36. The normalized spacial score (nSPS) is 22.1. The van der Waals surface area contributed by atoms with Gasteiger partial charge in [0.2, 0.25) is 0 Å². The van der Waals surface area contributed by atoms with Gasteiger partial charge >= 0.3 is 6.09 Å². The Bertz CT molecular complexity index is 1320. The lowest BCUT2D eigenvalue weighted by molar-refractivity contribution is 0.0849. The van der Waals surface area contributed by atoms with Crippen molar-refractivity contribution in [1.82, 2.24) is 30.8 Å². The highest BCUT2D eigenvalue weighted by atomic mass is 35.5. The van der Waals surface area contributed by atoms with Gasteiger partial charge in [-0.2, -0.15) is 0 Å². The van der Waals surface area contributed by atoms with Gasteiger partial charge in [-0.15, -0.1) is 11.3 Å². The lowest BCUT2D eigenvalue weighted by atomic mass is 9.86. The van der Waals surface area contributed by atoms with Crippen LogP contribution in [0.4, 0.5) is 4.79 Å². The van der Waals surface area contributed by atoms with Crippen LogP contribution in [-0.2, 0) is 13.0 Å². The average molecular weight is 531 g/mol. The number of aromatic nitrogens is 2. The number of carbonyl (C=O) groups is 3. The summed E-state index contributed by atoms with van der Waals surface area (Å²) in [5.74, 6) is -0.610. The number of benzene rings is 1. The molecule has 5 N–H and O–H groups in total. The number of aromatic amines is 1. The van der Waals surface area contributed by atoms with Crippen molar-refractivity contribution in [3.8, 4) is 0 Å². The number of nitrogens with one attached hydrogen (secondary N) is 4. The van der Waals surface area contributed by atoms with E-state index in [1.165, 1.54) is 11.3 Å². The zero-order valence-electron chi connectivity index (χ0n) is 19.6. The molecule has 3 aromatic rings. The molecular formula is C24H27ClN6O4S. The molecule has 1 aliphatic carbocycles. The molecule has 10 nitrogen and oxygen atoms in total. The Hall–Kier alpha value is -3.15. The van der Waals surface area contributed by atoms with E-state index < -0.39 is 12.1 Å². The minimum Gasteiger partial charge on any atom is -0.465 e. The van der Waals surface area contributed by atoms with Crippen molar-refractivity contribution in [1.29, 1.82) is 0 Å². The van der Waals surface area contributed by atoms with Gasteiger partial charge in [-0.3, -0.25) is 9.59 Å². The molecule has 12 heteroatoms. The molecule has 0 spiro atoms. The monoisotopic (exact) mass is 530 g/mol. The fourth-order valence-corrected chi connectivity index (χ4v) is 6.20. The molecular weight excluding hydrogens is 504 g/mol. The molecule has 3 heterocycles. The zero-order valence-corrected chi connectivity index (χ0v) is 21.2. The second kappa shape index (κ2) is 10.1. The minimum absolute atomic E-state index is 0.302. The number of fused-ring (bicyclic) bond motifs is 2. The fourth-order valence-electron chi connectivity index (χ4n) is 4.93. The van der Waals surface area contributed by atoms with Gasteiger partial charge < -0.3 is 30.9 Å². The molecule has 5 rings (SSSR count). The number of likely N-dealkylation sites (N-methyl/N-ethyl adjacent to an activating group) is 1. The van der Waals surface area contributed by atoms with Gasteiger partial charge in [0.15, 0.2) is 5.01 Å². The van der Waals surface area contributed by atoms with E-state index in [0.717, 1.165) is 41.0 Å². The van der Waals surface area contributed by atoms with E-state index in [2.05, 4.69) is 30.8 Å². The van der Waals surface area contributed by atoms with Crippen molar-refractivity contribution in [3.63, 3.8) is 0 Å². The quantitative estimate of drug-likeness (QED) is 0.343. The molecule has 0 saturated heterocycles. The largest absolute Gasteiger partial charge is 0.465 e. The molecule has 1 aromatic carbocycles. The third-order valence-electron chi connectivity index (χ3n) is 6.75. The van der Waals surface area contributed by atoms with Crippen LogP contribution in [0.2, 0.25) is 5.02 Å². The summed E-state index contributed by atoms with van der Waals surface area (Å²) < 4.78 is 0. The molecule has 1 fully saturated rings. The molecule has 0 bridgehead atoms. The molecule has 1 saturated carbocycles. The number of rotatable bonds is 5. The zero-order chi connectivity index (χ0) is 25.4. The van der Waals surface area contributed by atoms with Crippen LogP contribution in [0.25, 0.3) is 10.9 Å². The van der Waals surface area contributed by atoms with Gasteiger partial charge in [-0.05, 0) is 50.6 Å². The highest BCUT2D eigenvalue weighted by Gasteiger charge is 2.34. The van der Waals surface area contributed by atoms with E-state index in [0.29, 0.717) is 35.0 Å². The number of hydrogen-bond acceptors (Lipinski definition) is 6. The molecule has 1 unspecified atom stereocenters. The number of carboxylic acid groups (broad SMARTS) is 1. The Labute approximate surface area is 216 Å². The number of amides is 3. The maximum absolute atomic E-state index is 13.1. The number of carbonyl (C=O) groups excluding carboxylic acids is 2. The van der Waals surface area contributed by atoms with E-state index in [4.69, 9.17) is 11.6 Å². The van der Waals surface area contributed by atoms with Crippen LogP contribution >= 0.6 is 22.9 Å². The average Bonchev–Trinajstić information content (AvgIpc) is 3.44. The first-order valence-corrected chi connectivity index (χ1v) is 13.0.